The maximum Gasteiger partial charge on any atom is 0.192 e. The third kappa shape index (κ3) is 2.26. The van der Waals surface area contributed by atoms with Gasteiger partial charge in [0.15, 0.2) is 5.88 Å². The number of allylic oxidation sites excluding steroid dienone is 1. The SMILES string of the molecule is CCCN1CN=CC=C1OCC. The van der Waals surface area contributed by atoms with Crippen LogP contribution in [0, 0.1) is 0 Å². The van der Waals surface area contributed by atoms with Crippen molar-refractivity contribution < 1.29 is 4.74 Å². The molecule has 0 N–H and O–H groups in total. The van der Waals surface area contributed by atoms with Crippen molar-refractivity contribution in [3.63, 3.8) is 0 Å². The van der Waals surface area contributed by atoms with Crippen molar-refractivity contribution in [3.05, 3.63) is 12.0 Å². The quantitative estimate of drug-likeness (QED) is 0.637. The van der Waals surface area contributed by atoms with Crippen LogP contribution in [0.3, 0.4) is 0 Å². The monoisotopic (exact) mass is 168 g/mol. The highest BCUT2D eigenvalue weighted by Crippen LogP contribution is 2.09. The Morgan fingerprint density at radius 1 is 1.58 bits per heavy atom. The average molecular weight is 168 g/mol. The molecule has 0 unspecified atom stereocenters. The molecule has 0 bridgehead atoms. The van der Waals surface area contributed by atoms with E-state index in [4.69, 9.17) is 4.74 Å². The first-order valence-corrected chi connectivity index (χ1v) is 4.46. The van der Waals surface area contributed by atoms with Crippen molar-refractivity contribution in [1.82, 2.24) is 4.90 Å². The predicted octanol–water partition coefficient (Wildman–Crippen LogP) is 1.62. The molecule has 0 aliphatic carbocycles. The van der Waals surface area contributed by atoms with Crippen LogP contribution in [0.25, 0.3) is 0 Å². The lowest BCUT2D eigenvalue weighted by atomic mass is 10.4. The van der Waals surface area contributed by atoms with Crippen LogP contribution in [0.2, 0.25) is 0 Å². The average Bonchev–Trinajstić information content (AvgIpc) is 2.09. The summed E-state index contributed by atoms with van der Waals surface area (Å²) in [5, 5.41) is 0. The van der Waals surface area contributed by atoms with E-state index in [-0.39, 0.29) is 0 Å². The highest BCUT2D eigenvalue weighted by molar-refractivity contribution is 5.72. The van der Waals surface area contributed by atoms with Crippen molar-refractivity contribution in [3.8, 4) is 0 Å². The molecule has 0 aromatic carbocycles. The van der Waals surface area contributed by atoms with Crippen molar-refractivity contribution in [1.29, 1.82) is 0 Å². The van der Waals surface area contributed by atoms with Gasteiger partial charge < -0.3 is 9.64 Å². The van der Waals surface area contributed by atoms with Gasteiger partial charge in [-0.1, -0.05) is 6.92 Å². The number of nitrogens with zero attached hydrogens (tertiary/aromatic N) is 2. The van der Waals surface area contributed by atoms with Crippen LogP contribution in [0.1, 0.15) is 20.3 Å². The Bertz CT molecular complexity index is 187. The van der Waals surface area contributed by atoms with Gasteiger partial charge in [-0.2, -0.15) is 0 Å². The molecule has 0 saturated carbocycles. The van der Waals surface area contributed by atoms with Crippen molar-refractivity contribution in [2.24, 2.45) is 4.99 Å². The summed E-state index contributed by atoms with van der Waals surface area (Å²) in [5.74, 6) is 0.953. The smallest absolute Gasteiger partial charge is 0.192 e. The standard InChI is InChI=1S/C9H16N2O/c1-3-7-11-8-10-6-5-9(11)12-4-2/h5-6H,3-4,7-8H2,1-2H3. The summed E-state index contributed by atoms with van der Waals surface area (Å²) in [5.41, 5.74) is 0. The first-order valence-electron chi connectivity index (χ1n) is 4.46. The third-order valence-electron chi connectivity index (χ3n) is 1.67. The van der Waals surface area contributed by atoms with Gasteiger partial charge in [0.2, 0.25) is 0 Å². The van der Waals surface area contributed by atoms with E-state index in [0.717, 1.165) is 32.1 Å². The number of ether oxygens (including phenoxy) is 1. The maximum absolute atomic E-state index is 5.44. The molecule has 0 fully saturated rings. The van der Waals surface area contributed by atoms with E-state index in [0.29, 0.717) is 0 Å². The molecule has 1 aliphatic rings. The van der Waals surface area contributed by atoms with Gasteiger partial charge in [-0.15, -0.1) is 0 Å². The number of hydrogen-bond donors (Lipinski definition) is 0. The molecule has 1 aliphatic heterocycles. The Labute approximate surface area is 73.7 Å². The van der Waals surface area contributed by atoms with E-state index in [1.54, 1.807) is 6.21 Å². The lowest BCUT2D eigenvalue weighted by Gasteiger charge is -2.26. The summed E-state index contributed by atoms with van der Waals surface area (Å²) in [4.78, 5) is 6.30. The molecule has 3 heteroatoms. The molecule has 0 amide bonds. The van der Waals surface area contributed by atoms with Gasteiger partial charge >= 0.3 is 0 Å². The first kappa shape index (κ1) is 9.10. The zero-order chi connectivity index (χ0) is 8.81. The van der Waals surface area contributed by atoms with Crippen molar-refractivity contribution >= 4 is 6.21 Å². The van der Waals surface area contributed by atoms with Gasteiger partial charge in [0.05, 0.1) is 6.61 Å². The second-order valence-electron chi connectivity index (χ2n) is 2.67. The molecule has 1 rings (SSSR count). The minimum atomic E-state index is 0.722. The summed E-state index contributed by atoms with van der Waals surface area (Å²) in [6.07, 6.45) is 4.85. The summed E-state index contributed by atoms with van der Waals surface area (Å²) in [6.45, 7) is 6.63. The molecule has 0 radical (unpaired) electrons. The van der Waals surface area contributed by atoms with E-state index in [2.05, 4.69) is 16.8 Å². The number of aliphatic imine (C=N–C) groups is 1. The fraction of sp³-hybridized carbons (Fsp3) is 0.667. The highest BCUT2D eigenvalue weighted by Gasteiger charge is 2.09. The van der Waals surface area contributed by atoms with E-state index in [1.807, 2.05) is 13.0 Å². The van der Waals surface area contributed by atoms with E-state index >= 15 is 0 Å². The van der Waals surface area contributed by atoms with Crippen LogP contribution in [-0.2, 0) is 4.74 Å². The Morgan fingerprint density at radius 3 is 3.08 bits per heavy atom. The van der Waals surface area contributed by atoms with E-state index in [9.17, 15) is 0 Å². The van der Waals surface area contributed by atoms with Gasteiger partial charge in [-0.05, 0) is 13.3 Å². The van der Waals surface area contributed by atoms with Gasteiger partial charge in [-0.3, -0.25) is 4.99 Å². The Hall–Kier alpha value is -0.990. The molecule has 0 aromatic rings. The molecule has 0 atom stereocenters. The Morgan fingerprint density at radius 2 is 2.42 bits per heavy atom. The van der Waals surface area contributed by atoms with Crippen LogP contribution in [0.15, 0.2) is 17.0 Å². The molecular formula is C9H16N2O. The zero-order valence-corrected chi connectivity index (χ0v) is 7.79. The van der Waals surface area contributed by atoms with Gasteiger partial charge in [0.25, 0.3) is 0 Å². The Kier molecular flexibility index (Phi) is 3.64. The summed E-state index contributed by atoms with van der Waals surface area (Å²) in [7, 11) is 0. The zero-order valence-electron chi connectivity index (χ0n) is 7.79. The molecule has 0 aromatic heterocycles. The summed E-state index contributed by atoms with van der Waals surface area (Å²) >= 11 is 0. The third-order valence-corrected chi connectivity index (χ3v) is 1.67. The van der Waals surface area contributed by atoms with Crippen LogP contribution < -0.4 is 0 Å². The van der Waals surface area contributed by atoms with Gasteiger partial charge in [0.1, 0.15) is 6.67 Å². The fourth-order valence-corrected chi connectivity index (χ4v) is 1.18. The fourth-order valence-electron chi connectivity index (χ4n) is 1.18. The molecule has 0 spiro atoms. The largest absolute Gasteiger partial charge is 0.479 e. The maximum atomic E-state index is 5.44. The minimum Gasteiger partial charge on any atom is -0.479 e. The molecule has 0 saturated heterocycles. The molecule has 1 heterocycles. The highest BCUT2D eigenvalue weighted by atomic mass is 16.5. The van der Waals surface area contributed by atoms with Crippen LogP contribution in [-0.4, -0.2) is 30.9 Å². The van der Waals surface area contributed by atoms with E-state index < -0.39 is 0 Å². The molecule has 68 valence electrons. The lowest BCUT2D eigenvalue weighted by Crippen LogP contribution is -2.27. The lowest BCUT2D eigenvalue weighted by molar-refractivity contribution is 0.121. The molecular weight excluding hydrogens is 152 g/mol. The first-order chi connectivity index (χ1) is 5.88. The number of rotatable bonds is 4. The van der Waals surface area contributed by atoms with Crippen LogP contribution in [0.4, 0.5) is 0 Å². The van der Waals surface area contributed by atoms with Gasteiger partial charge in [-0.25, -0.2) is 0 Å². The second-order valence-corrected chi connectivity index (χ2v) is 2.67. The molecule has 12 heavy (non-hydrogen) atoms. The van der Waals surface area contributed by atoms with Crippen molar-refractivity contribution in [2.75, 3.05) is 19.8 Å². The normalized spacial score (nSPS) is 16.2. The van der Waals surface area contributed by atoms with Crippen LogP contribution in [0.5, 0.6) is 0 Å². The minimum absolute atomic E-state index is 0.722. The van der Waals surface area contributed by atoms with Gasteiger partial charge in [0, 0.05) is 18.8 Å². The predicted molar refractivity (Wildman–Crippen MR) is 50.1 cm³/mol. The molecule has 3 nitrogen and oxygen atoms in total. The summed E-state index contributed by atoms with van der Waals surface area (Å²) < 4.78 is 5.44. The van der Waals surface area contributed by atoms with Crippen LogP contribution >= 0.6 is 0 Å². The summed E-state index contributed by atoms with van der Waals surface area (Å²) in [6, 6.07) is 0. The second kappa shape index (κ2) is 4.80. The van der Waals surface area contributed by atoms with E-state index in [1.165, 1.54) is 0 Å². The topological polar surface area (TPSA) is 24.8 Å². The Balaban J connectivity index is 2.50. The number of hydrogen-bond acceptors (Lipinski definition) is 3. The van der Waals surface area contributed by atoms with Crippen molar-refractivity contribution in [2.45, 2.75) is 20.3 Å².